The standard InChI is InChI=1S/C34H19NOS/c1-2-14-28-25(9-1)33-22(10-5-15-29(33)36-28)21-17-18-26-31(19-21)37-30-16-6-12-24-23-11-3-7-20-8-4-13-27(32(20)23)35(26)34(24)30/h1-19H. The molecule has 0 saturated heterocycles. The number of furan rings is 1. The van der Waals surface area contributed by atoms with E-state index in [1.807, 2.05) is 23.5 Å². The van der Waals surface area contributed by atoms with E-state index in [1.165, 1.54) is 64.2 Å². The summed E-state index contributed by atoms with van der Waals surface area (Å²) in [5, 5.41) is 7.57. The molecule has 2 aliphatic rings. The average Bonchev–Trinajstić information content (AvgIpc) is 3.33. The van der Waals surface area contributed by atoms with Gasteiger partial charge in [0.05, 0.1) is 26.1 Å². The molecule has 0 amide bonds. The zero-order valence-corrected chi connectivity index (χ0v) is 20.5. The molecule has 3 heterocycles. The van der Waals surface area contributed by atoms with Crippen LogP contribution in [0.25, 0.3) is 80.7 Å². The molecule has 0 unspecified atom stereocenters. The lowest BCUT2D eigenvalue weighted by molar-refractivity contribution is 0.669. The Hall–Kier alpha value is -4.60. The van der Waals surface area contributed by atoms with Crippen molar-refractivity contribution in [2.75, 3.05) is 0 Å². The Labute approximate surface area is 215 Å². The van der Waals surface area contributed by atoms with Crippen LogP contribution in [0.3, 0.4) is 0 Å². The van der Waals surface area contributed by atoms with Crippen LogP contribution in [0.15, 0.2) is 120 Å². The summed E-state index contributed by atoms with van der Waals surface area (Å²) in [6.07, 6.45) is 0. The molecule has 2 aliphatic heterocycles. The minimum Gasteiger partial charge on any atom is -0.456 e. The maximum atomic E-state index is 6.18. The lowest BCUT2D eigenvalue weighted by Gasteiger charge is -2.23. The van der Waals surface area contributed by atoms with Crippen molar-refractivity contribution < 1.29 is 4.42 Å². The lowest BCUT2D eigenvalue weighted by atomic mass is 9.97. The van der Waals surface area contributed by atoms with Crippen LogP contribution in [0.2, 0.25) is 0 Å². The van der Waals surface area contributed by atoms with E-state index in [0.29, 0.717) is 0 Å². The van der Waals surface area contributed by atoms with E-state index in [1.54, 1.807) is 0 Å². The number of rotatable bonds is 1. The quantitative estimate of drug-likeness (QED) is 0.166. The largest absolute Gasteiger partial charge is 0.456 e. The minimum atomic E-state index is 0.929. The number of pyridine rings is 1. The van der Waals surface area contributed by atoms with Crippen molar-refractivity contribution in [2.24, 2.45) is 0 Å². The van der Waals surface area contributed by atoms with Gasteiger partial charge in [-0.2, -0.15) is 0 Å². The van der Waals surface area contributed by atoms with Crippen LogP contribution in [0.4, 0.5) is 0 Å². The second-order valence-corrected chi connectivity index (χ2v) is 10.8. The van der Waals surface area contributed by atoms with Crippen LogP contribution in [0.1, 0.15) is 0 Å². The molecule has 172 valence electrons. The third-order valence-electron chi connectivity index (χ3n) is 7.77. The second-order valence-electron chi connectivity index (χ2n) is 9.73. The fraction of sp³-hybridized carbons (Fsp3) is 0. The number of hydrogen-bond donors (Lipinski definition) is 0. The fourth-order valence-corrected chi connectivity index (χ4v) is 7.37. The number of hydrogen-bond acceptors (Lipinski definition) is 2. The topological polar surface area (TPSA) is 18.1 Å². The molecule has 9 rings (SSSR count). The van der Waals surface area contributed by atoms with Crippen molar-refractivity contribution in [3.05, 3.63) is 115 Å². The third kappa shape index (κ3) is 2.54. The summed E-state index contributed by atoms with van der Waals surface area (Å²) in [7, 11) is 0. The molecule has 0 spiro atoms. The second kappa shape index (κ2) is 7.00. The molecule has 3 heteroatoms. The summed E-state index contributed by atoms with van der Waals surface area (Å²) in [5.74, 6) is 0. The molecule has 2 nitrogen and oxygen atoms in total. The monoisotopic (exact) mass is 489 g/mol. The Morgan fingerprint density at radius 2 is 1.32 bits per heavy atom. The van der Waals surface area contributed by atoms with E-state index < -0.39 is 0 Å². The van der Waals surface area contributed by atoms with Crippen LogP contribution < -0.4 is 0 Å². The Bertz CT molecular complexity index is 2310. The first-order valence-electron chi connectivity index (χ1n) is 12.5. The molecular formula is C34H19NOS. The van der Waals surface area contributed by atoms with Crippen LogP contribution in [-0.4, -0.2) is 4.57 Å². The van der Waals surface area contributed by atoms with Gasteiger partial charge in [-0.3, -0.25) is 0 Å². The van der Waals surface area contributed by atoms with E-state index >= 15 is 0 Å². The maximum Gasteiger partial charge on any atom is 0.136 e. The molecule has 0 bridgehead atoms. The van der Waals surface area contributed by atoms with Gasteiger partial charge in [0.15, 0.2) is 0 Å². The molecule has 37 heavy (non-hydrogen) atoms. The minimum absolute atomic E-state index is 0.929. The molecule has 0 atom stereocenters. The van der Waals surface area contributed by atoms with Crippen LogP contribution in [-0.2, 0) is 0 Å². The molecular weight excluding hydrogens is 470 g/mol. The van der Waals surface area contributed by atoms with Crippen molar-refractivity contribution in [1.29, 1.82) is 0 Å². The predicted molar refractivity (Wildman–Crippen MR) is 158 cm³/mol. The van der Waals surface area contributed by atoms with Gasteiger partial charge in [0.2, 0.25) is 0 Å². The van der Waals surface area contributed by atoms with Gasteiger partial charge in [0, 0.05) is 21.5 Å². The SMILES string of the molecule is c1ccc2c(c1)oc1cccc(-c3ccc4c(c3)sc3cccc5c3-n4c3cccc4cccc5c43)c12. The highest BCUT2D eigenvalue weighted by molar-refractivity contribution is 7.24. The number of aromatic nitrogens is 1. The first-order chi connectivity index (χ1) is 18.3. The van der Waals surface area contributed by atoms with Crippen molar-refractivity contribution in [3.8, 4) is 16.8 Å². The summed E-state index contributed by atoms with van der Waals surface area (Å²) in [5.41, 5.74) is 8.05. The highest BCUT2D eigenvalue weighted by atomic mass is 32.1. The predicted octanol–water partition coefficient (Wildman–Crippen LogP) is 10.2. The van der Waals surface area contributed by atoms with E-state index in [-0.39, 0.29) is 0 Å². The van der Waals surface area contributed by atoms with Gasteiger partial charge in [-0.25, -0.2) is 0 Å². The average molecular weight is 490 g/mol. The Kier molecular flexibility index (Phi) is 3.70. The fourth-order valence-electron chi connectivity index (χ4n) is 6.24. The van der Waals surface area contributed by atoms with Gasteiger partial charge in [0.1, 0.15) is 11.2 Å². The summed E-state index contributed by atoms with van der Waals surface area (Å²) in [4.78, 5) is 0. The smallest absolute Gasteiger partial charge is 0.136 e. The normalized spacial score (nSPS) is 12.3. The summed E-state index contributed by atoms with van der Waals surface area (Å²) >= 11 is 1.87. The van der Waals surface area contributed by atoms with Crippen molar-refractivity contribution >= 4 is 75.3 Å². The van der Waals surface area contributed by atoms with E-state index in [4.69, 9.17) is 4.42 Å². The van der Waals surface area contributed by atoms with Crippen molar-refractivity contribution in [3.63, 3.8) is 0 Å². The van der Waals surface area contributed by atoms with Crippen molar-refractivity contribution in [2.45, 2.75) is 0 Å². The Morgan fingerprint density at radius 1 is 0.541 bits per heavy atom. The van der Waals surface area contributed by atoms with Gasteiger partial charge in [-0.15, -0.1) is 11.3 Å². The summed E-state index contributed by atoms with van der Waals surface area (Å²) in [6, 6.07) is 41.6. The van der Waals surface area contributed by atoms with Crippen LogP contribution >= 0.6 is 11.3 Å². The Morgan fingerprint density at radius 3 is 2.30 bits per heavy atom. The van der Waals surface area contributed by atoms with E-state index in [9.17, 15) is 0 Å². The Balaban J connectivity index is 1.43. The van der Waals surface area contributed by atoms with Gasteiger partial charge in [-0.1, -0.05) is 78.9 Å². The van der Waals surface area contributed by atoms with Crippen LogP contribution in [0.5, 0.6) is 0 Å². The molecule has 0 radical (unpaired) electrons. The molecule has 0 saturated carbocycles. The number of benzene rings is 6. The maximum absolute atomic E-state index is 6.18. The zero-order chi connectivity index (χ0) is 24.1. The summed E-state index contributed by atoms with van der Waals surface area (Å²) < 4.78 is 11.2. The highest BCUT2D eigenvalue weighted by Gasteiger charge is 2.20. The number of nitrogens with zero attached hydrogens (tertiary/aromatic N) is 1. The molecule has 0 N–H and O–H groups in total. The van der Waals surface area contributed by atoms with Crippen LogP contribution in [0, 0.1) is 0 Å². The van der Waals surface area contributed by atoms with Gasteiger partial charge >= 0.3 is 0 Å². The first-order valence-corrected chi connectivity index (χ1v) is 13.3. The van der Waals surface area contributed by atoms with Gasteiger partial charge < -0.3 is 8.98 Å². The van der Waals surface area contributed by atoms with E-state index in [2.05, 4.69) is 108 Å². The van der Waals surface area contributed by atoms with Gasteiger partial charge in [-0.05, 0) is 58.3 Å². The molecule has 1 aromatic heterocycles. The first kappa shape index (κ1) is 19.6. The molecule has 0 aliphatic carbocycles. The molecule has 7 aromatic rings. The highest BCUT2D eigenvalue weighted by Crippen LogP contribution is 2.44. The van der Waals surface area contributed by atoms with E-state index in [0.717, 1.165) is 16.6 Å². The lowest BCUT2D eigenvalue weighted by Crippen LogP contribution is -2.04. The number of fused-ring (bicyclic) bond motifs is 7. The zero-order valence-electron chi connectivity index (χ0n) is 19.7. The molecule has 0 fully saturated rings. The van der Waals surface area contributed by atoms with Crippen molar-refractivity contribution in [1.82, 2.24) is 4.57 Å². The third-order valence-corrected chi connectivity index (χ3v) is 8.87. The number of para-hydroxylation sites is 2. The summed E-state index contributed by atoms with van der Waals surface area (Å²) in [6.45, 7) is 0. The molecule has 6 aromatic carbocycles. The van der Waals surface area contributed by atoms with Gasteiger partial charge in [0.25, 0.3) is 0 Å².